The summed E-state index contributed by atoms with van der Waals surface area (Å²) in [4.78, 5) is 14.3. The summed E-state index contributed by atoms with van der Waals surface area (Å²) >= 11 is 0. The van der Waals surface area contributed by atoms with E-state index in [-0.39, 0.29) is 12.1 Å². The van der Waals surface area contributed by atoms with E-state index in [0.717, 1.165) is 31.6 Å². The number of carbonyl (C=O) groups is 1. The zero-order valence-electron chi connectivity index (χ0n) is 11.3. The normalized spacial score (nSPS) is 24.0. The second-order valence-corrected chi connectivity index (χ2v) is 5.70. The summed E-state index contributed by atoms with van der Waals surface area (Å²) in [5.41, 5.74) is 1.05. The third-order valence-electron chi connectivity index (χ3n) is 4.41. The molecule has 19 heavy (non-hydrogen) atoms. The van der Waals surface area contributed by atoms with E-state index in [1.165, 1.54) is 25.7 Å². The van der Waals surface area contributed by atoms with Gasteiger partial charge in [-0.3, -0.25) is 5.10 Å². The average Bonchev–Trinajstić information content (AvgIpc) is 2.90. The molecule has 104 valence electrons. The van der Waals surface area contributed by atoms with Crippen LogP contribution in [0.25, 0.3) is 0 Å². The van der Waals surface area contributed by atoms with Crippen LogP contribution in [-0.2, 0) is 0 Å². The van der Waals surface area contributed by atoms with Gasteiger partial charge in [-0.25, -0.2) is 4.79 Å². The van der Waals surface area contributed by atoms with Gasteiger partial charge in [-0.05, 0) is 44.1 Å². The summed E-state index contributed by atoms with van der Waals surface area (Å²) in [6.45, 7) is 1.69. The highest BCUT2D eigenvalue weighted by Crippen LogP contribution is 2.30. The molecule has 0 bridgehead atoms. The van der Waals surface area contributed by atoms with Crippen molar-refractivity contribution < 1.29 is 4.79 Å². The SMILES string of the molecule is O=C(NCC1CCC1)N1CCCCC1c1ccn[nH]1. The predicted octanol–water partition coefficient (Wildman–Crippen LogP) is 2.45. The molecule has 1 aliphatic heterocycles. The molecule has 5 heteroatoms. The average molecular weight is 262 g/mol. The Morgan fingerprint density at radius 1 is 1.37 bits per heavy atom. The molecule has 5 nitrogen and oxygen atoms in total. The highest BCUT2D eigenvalue weighted by atomic mass is 16.2. The monoisotopic (exact) mass is 262 g/mol. The van der Waals surface area contributed by atoms with Crippen molar-refractivity contribution in [2.75, 3.05) is 13.1 Å². The molecule has 0 radical (unpaired) electrons. The molecule has 1 saturated heterocycles. The van der Waals surface area contributed by atoms with Gasteiger partial charge in [0.2, 0.25) is 0 Å². The minimum atomic E-state index is 0.0891. The molecule has 3 rings (SSSR count). The highest BCUT2D eigenvalue weighted by molar-refractivity contribution is 5.74. The maximum absolute atomic E-state index is 12.3. The van der Waals surface area contributed by atoms with Gasteiger partial charge >= 0.3 is 6.03 Å². The molecule has 2 fully saturated rings. The first-order valence-corrected chi connectivity index (χ1v) is 7.38. The standard InChI is InChI=1S/C14H22N4O/c19-14(15-10-11-4-3-5-11)18-9-2-1-6-13(18)12-7-8-16-17-12/h7-8,11,13H,1-6,9-10H2,(H,15,19)(H,16,17). The van der Waals surface area contributed by atoms with Crippen molar-refractivity contribution in [3.05, 3.63) is 18.0 Å². The van der Waals surface area contributed by atoms with Gasteiger partial charge in [0, 0.05) is 19.3 Å². The lowest BCUT2D eigenvalue weighted by Gasteiger charge is -2.36. The van der Waals surface area contributed by atoms with Gasteiger partial charge in [0.15, 0.2) is 0 Å². The quantitative estimate of drug-likeness (QED) is 0.879. The minimum absolute atomic E-state index is 0.0891. The highest BCUT2D eigenvalue weighted by Gasteiger charge is 2.29. The number of urea groups is 1. The number of piperidine rings is 1. The summed E-state index contributed by atoms with van der Waals surface area (Å²) in [5.74, 6) is 0.708. The third kappa shape index (κ3) is 2.74. The Hall–Kier alpha value is -1.52. The fourth-order valence-corrected chi connectivity index (χ4v) is 2.98. The zero-order valence-corrected chi connectivity index (χ0v) is 11.3. The molecule has 2 heterocycles. The number of carbonyl (C=O) groups excluding carboxylic acids is 1. The van der Waals surface area contributed by atoms with Crippen LogP contribution in [0.15, 0.2) is 12.3 Å². The number of rotatable bonds is 3. The van der Waals surface area contributed by atoms with Gasteiger partial charge in [0.1, 0.15) is 0 Å². The maximum atomic E-state index is 12.3. The molecule has 1 unspecified atom stereocenters. The molecule has 0 spiro atoms. The first-order chi connectivity index (χ1) is 9.34. The van der Waals surface area contributed by atoms with Crippen molar-refractivity contribution in [2.24, 2.45) is 5.92 Å². The van der Waals surface area contributed by atoms with Crippen LogP contribution in [0.4, 0.5) is 4.79 Å². The fraction of sp³-hybridized carbons (Fsp3) is 0.714. The smallest absolute Gasteiger partial charge is 0.317 e. The Balaban J connectivity index is 1.60. The molecule has 2 N–H and O–H groups in total. The Morgan fingerprint density at radius 3 is 2.95 bits per heavy atom. The first kappa shape index (κ1) is 12.5. The molecule has 2 aliphatic rings. The Morgan fingerprint density at radius 2 is 2.26 bits per heavy atom. The third-order valence-corrected chi connectivity index (χ3v) is 4.41. The van der Waals surface area contributed by atoms with Crippen LogP contribution in [0, 0.1) is 5.92 Å². The summed E-state index contributed by atoms with van der Waals surface area (Å²) < 4.78 is 0. The number of aromatic nitrogens is 2. The molecule has 1 atom stereocenters. The lowest BCUT2D eigenvalue weighted by Crippen LogP contribution is -2.46. The van der Waals surface area contributed by atoms with Crippen LogP contribution in [0.5, 0.6) is 0 Å². The lowest BCUT2D eigenvalue weighted by molar-refractivity contribution is 0.146. The molecular weight excluding hydrogens is 240 g/mol. The fourth-order valence-electron chi connectivity index (χ4n) is 2.98. The first-order valence-electron chi connectivity index (χ1n) is 7.38. The van der Waals surface area contributed by atoms with Gasteiger partial charge in [-0.15, -0.1) is 0 Å². The van der Waals surface area contributed by atoms with Crippen molar-refractivity contribution in [1.29, 1.82) is 0 Å². The second-order valence-electron chi connectivity index (χ2n) is 5.70. The van der Waals surface area contributed by atoms with Crippen molar-refractivity contribution in [2.45, 2.75) is 44.6 Å². The van der Waals surface area contributed by atoms with E-state index >= 15 is 0 Å². The summed E-state index contributed by atoms with van der Waals surface area (Å²) in [6.07, 6.45) is 8.92. The number of nitrogens with zero attached hydrogens (tertiary/aromatic N) is 2. The molecule has 1 saturated carbocycles. The number of aromatic amines is 1. The van der Waals surface area contributed by atoms with Crippen LogP contribution in [0.3, 0.4) is 0 Å². The number of hydrogen-bond acceptors (Lipinski definition) is 2. The molecule has 2 amide bonds. The molecular formula is C14H22N4O. The number of hydrogen-bond donors (Lipinski definition) is 2. The number of H-pyrrole nitrogens is 1. The van der Waals surface area contributed by atoms with Gasteiger partial charge < -0.3 is 10.2 Å². The van der Waals surface area contributed by atoms with Crippen molar-refractivity contribution >= 4 is 6.03 Å². The number of amides is 2. The summed E-state index contributed by atoms with van der Waals surface area (Å²) in [5, 5.41) is 10.1. The Labute approximate surface area is 113 Å². The van der Waals surface area contributed by atoms with Crippen LogP contribution < -0.4 is 5.32 Å². The van der Waals surface area contributed by atoms with Crippen LogP contribution >= 0.6 is 0 Å². The molecule has 0 aromatic carbocycles. The van der Waals surface area contributed by atoms with E-state index < -0.39 is 0 Å². The van der Waals surface area contributed by atoms with Gasteiger partial charge in [0.05, 0.1) is 11.7 Å². The van der Waals surface area contributed by atoms with E-state index in [2.05, 4.69) is 15.5 Å². The Kier molecular flexibility index (Phi) is 3.71. The zero-order chi connectivity index (χ0) is 13.1. The topological polar surface area (TPSA) is 61.0 Å². The van der Waals surface area contributed by atoms with Crippen molar-refractivity contribution in [1.82, 2.24) is 20.4 Å². The largest absolute Gasteiger partial charge is 0.338 e. The summed E-state index contributed by atoms with van der Waals surface area (Å²) in [6, 6.07) is 2.23. The second kappa shape index (κ2) is 5.63. The van der Waals surface area contributed by atoms with E-state index in [0.29, 0.717) is 5.92 Å². The lowest BCUT2D eigenvalue weighted by atomic mass is 9.85. The Bertz CT molecular complexity index is 413. The maximum Gasteiger partial charge on any atom is 0.317 e. The predicted molar refractivity (Wildman–Crippen MR) is 72.6 cm³/mol. The van der Waals surface area contributed by atoms with Crippen LogP contribution in [0.1, 0.15) is 50.3 Å². The van der Waals surface area contributed by atoms with Crippen molar-refractivity contribution in [3.8, 4) is 0 Å². The van der Waals surface area contributed by atoms with E-state index in [4.69, 9.17) is 0 Å². The van der Waals surface area contributed by atoms with E-state index in [1.807, 2.05) is 11.0 Å². The summed E-state index contributed by atoms with van der Waals surface area (Å²) in [7, 11) is 0. The van der Waals surface area contributed by atoms with E-state index in [1.54, 1.807) is 6.20 Å². The van der Waals surface area contributed by atoms with Crippen LogP contribution in [-0.4, -0.2) is 34.2 Å². The molecule has 1 aromatic heterocycles. The van der Waals surface area contributed by atoms with E-state index in [9.17, 15) is 4.79 Å². The minimum Gasteiger partial charge on any atom is -0.338 e. The van der Waals surface area contributed by atoms with Gasteiger partial charge in [-0.1, -0.05) is 6.42 Å². The molecule has 1 aliphatic carbocycles. The number of nitrogens with one attached hydrogen (secondary N) is 2. The van der Waals surface area contributed by atoms with Crippen LogP contribution in [0.2, 0.25) is 0 Å². The van der Waals surface area contributed by atoms with Crippen molar-refractivity contribution in [3.63, 3.8) is 0 Å². The number of likely N-dealkylation sites (tertiary alicyclic amines) is 1. The molecule has 1 aromatic rings. The van der Waals surface area contributed by atoms with Gasteiger partial charge in [0.25, 0.3) is 0 Å². The van der Waals surface area contributed by atoms with Gasteiger partial charge in [-0.2, -0.15) is 5.10 Å².